The molecule has 0 radical (unpaired) electrons. The van der Waals surface area contributed by atoms with Crippen LogP contribution in [-0.2, 0) is 14.3 Å². The fourth-order valence-corrected chi connectivity index (χ4v) is 3.52. The van der Waals surface area contributed by atoms with Crippen LogP contribution in [-0.4, -0.2) is 37.9 Å². The second-order valence-electron chi connectivity index (χ2n) is 8.94. The number of unbranched alkanes of at least 4 members (excludes halogenated alkanes) is 3. The van der Waals surface area contributed by atoms with Gasteiger partial charge in [0, 0.05) is 6.54 Å². The molecule has 6 heteroatoms. The molecule has 0 saturated heterocycles. The highest BCUT2D eigenvalue weighted by atomic mass is 16.6. The standard InChI is InChI=1S/C25H37NO5/c1-25(2,3)31-24(28)26-17-7-5-6-8-18-30-22-15-13-20(14-16-22)19-9-11-21(12-10-19)23(27)29-4/h9,13-16,21H,5-8,10-12,17-18H2,1-4H3,(H,26,28). The Bertz CT molecular complexity index is 733. The van der Waals surface area contributed by atoms with Crippen LogP contribution < -0.4 is 10.1 Å². The lowest BCUT2D eigenvalue weighted by Crippen LogP contribution is -2.32. The molecule has 0 aliphatic heterocycles. The first-order valence-electron chi connectivity index (χ1n) is 11.3. The monoisotopic (exact) mass is 431 g/mol. The number of amides is 1. The minimum atomic E-state index is -0.458. The summed E-state index contributed by atoms with van der Waals surface area (Å²) in [6, 6.07) is 8.19. The van der Waals surface area contributed by atoms with E-state index in [1.54, 1.807) is 0 Å². The zero-order valence-corrected chi connectivity index (χ0v) is 19.4. The quantitative estimate of drug-likeness (QED) is 0.391. The fraction of sp³-hybridized carbons (Fsp3) is 0.600. The molecule has 1 amide bonds. The zero-order chi connectivity index (χ0) is 22.7. The van der Waals surface area contributed by atoms with Crippen LogP contribution in [0.25, 0.3) is 5.57 Å². The van der Waals surface area contributed by atoms with E-state index < -0.39 is 5.60 Å². The van der Waals surface area contributed by atoms with Gasteiger partial charge in [-0.25, -0.2) is 4.79 Å². The second kappa shape index (κ2) is 12.4. The number of allylic oxidation sites excluding steroid dienone is 2. The van der Waals surface area contributed by atoms with Gasteiger partial charge < -0.3 is 19.5 Å². The summed E-state index contributed by atoms with van der Waals surface area (Å²) in [5, 5.41) is 2.78. The Morgan fingerprint density at radius 3 is 2.39 bits per heavy atom. The van der Waals surface area contributed by atoms with Crippen molar-refractivity contribution in [2.24, 2.45) is 5.92 Å². The first kappa shape index (κ1) is 24.8. The molecular weight excluding hydrogens is 394 g/mol. The van der Waals surface area contributed by atoms with Crippen molar-refractivity contribution in [3.05, 3.63) is 35.9 Å². The first-order valence-corrected chi connectivity index (χ1v) is 11.3. The smallest absolute Gasteiger partial charge is 0.407 e. The first-order chi connectivity index (χ1) is 14.8. The van der Waals surface area contributed by atoms with E-state index in [0.29, 0.717) is 13.2 Å². The average Bonchev–Trinajstić information content (AvgIpc) is 2.74. The van der Waals surface area contributed by atoms with Gasteiger partial charge in [-0.15, -0.1) is 0 Å². The third kappa shape index (κ3) is 9.45. The van der Waals surface area contributed by atoms with E-state index in [-0.39, 0.29) is 18.0 Å². The number of benzene rings is 1. The van der Waals surface area contributed by atoms with Gasteiger partial charge in [-0.3, -0.25) is 4.79 Å². The van der Waals surface area contributed by atoms with Crippen LogP contribution in [0.3, 0.4) is 0 Å². The fourth-order valence-electron chi connectivity index (χ4n) is 3.52. The Balaban J connectivity index is 1.58. The summed E-state index contributed by atoms with van der Waals surface area (Å²) >= 11 is 0. The van der Waals surface area contributed by atoms with Gasteiger partial charge in [-0.05, 0) is 76.1 Å². The Labute approximate surface area is 186 Å². The number of alkyl carbamates (subject to hydrolysis) is 1. The van der Waals surface area contributed by atoms with Crippen molar-refractivity contribution in [3.63, 3.8) is 0 Å². The molecular formula is C25H37NO5. The summed E-state index contributed by atoms with van der Waals surface area (Å²) in [5.41, 5.74) is 2.01. The average molecular weight is 432 g/mol. The van der Waals surface area contributed by atoms with E-state index in [0.717, 1.165) is 50.7 Å². The molecule has 0 aromatic heterocycles. The maximum atomic E-state index is 11.6. The number of nitrogens with one attached hydrogen (secondary N) is 1. The molecule has 172 valence electrons. The van der Waals surface area contributed by atoms with Gasteiger partial charge in [-0.2, -0.15) is 0 Å². The van der Waals surface area contributed by atoms with Crippen molar-refractivity contribution in [1.82, 2.24) is 5.32 Å². The third-order valence-corrected chi connectivity index (χ3v) is 5.18. The molecule has 1 aliphatic rings. The van der Waals surface area contributed by atoms with E-state index in [2.05, 4.69) is 23.5 Å². The molecule has 2 rings (SSSR count). The number of methoxy groups -OCH3 is 1. The lowest BCUT2D eigenvalue weighted by molar-refractivity contribution is -0.145. The van der Waals surface area contributed by atoms with E-state index in [1.165, 1.54) is 18.2 Å². The summed E-state index contributed by atoms with van der Waals surface area (Å²) in [5.74, 6) is 0.752. The van der Waals surface area contributed by atoms with Crippen LogP contribution in [0, 0.1) is 5.92 Å². The Morgan fingerprint density at radius 1 is 1.06 bits per heavy atom. The van der Waals surface area contributed by atoms with Crippen LogP contribution in [0.1, 0.15) is 71.3 Å². The maximum absolute atomic E-state index is 11.6. The Kier molecular flexibility index (Phi) is 9.89. The number of hydrogen-bond acceptors (Lipinski definition) is 5. The van der Waals surface area contributed by atoms with Crippen LogP contribution >= 0.6 is 0 Å². The Morgan fingerprint density at radius 2 is 1.77 bits per heavy atom. The predicted octanol–water partition coefficient (Wildman–Crippen LogP) is 5.51. The van der Waals surface area contributed by atoms with Gasteiger partial charge in [-0.1, -0.05) is 31.1 Å². The zero-order valence-electron chi connectivity index (χ0n) is 19.4. The number of hydrogen-bond donors (Lipinski definition) is 1. The Hall–Kier alpha value is -2.50. The molecule has 0 saturated carbocycles. The van der Waals surface area contributed by atoms with Gasteiger partial charge in [0.1, 0.15) is 11.4 Å². The van der Waals surface area contributed by atoms with Gasteiger partial charge in [0.2, 0.25) is 0 Å². The molecule has 0 heterocycles. The summed E-state index contributed by atoms with van der Waals surface area (Å²) in [6.45, 7) is 6.88. The van der Waals surface area contributed by atoms with Crippen LogP contribution in [0.5, 0.6) is 5.75 Å². The number of carbonyl (C=O) groups is 2. The van der Waals surface area contributed by atoms with Crippen LogP contribution in [0.4, 0.5) is 4.79 Å². The molecule has 1 aromatic rings. The number of carbonyl (C=O) groups excluding carboxylic acids is 2. The molecule has 0 bridgehead atoms. The summed E-state index contributed by atoms with van der Waals surface area (Å²) < 4.78 is 15.9. The number of rotatable bonds is 10. The van der Waals surface area contributed by atoms with Crippen molar-refractivity contribution in [1.29, 1.82) is 0 Å². The largest absolute Gasteiger partial charge is 0.494 e. The van der Waals surface area contributed by atoms with Crippen molar-refractivity contribution in [2.45, 2.75) is 71.3 Å². The molecule has 1 atom stereocenters. The van der Waals surface area contributed by atoms with Gasteiger partial charge in [0.05, 0.1) is 19.6 Å². The SMILES string of the molecule is COC(=O)C1CC=C(c2ccc(OCCCCCCNC(=O)OC(C)(C)C)cc2)CC1. The second-order valence-corrected chi connectivity index (χ2v) is 8.94. The summed E-state index contributed by atoms with van der Waals surface area (Å²) in [7, 11) is 1.45. The highest BCUT2D eigenvalue weighted by Crippen LogP contribution is 2.31. The normalized spacial score (nSPS) is 16.3. The van der Waals surface area contributed by atoms with E-state index in [1.807, 2.05) is 32.9 Å². The lowest BCUT2D eigenvalue weighted by Gasteiger charge is -2.20. The van der Waals surface area contributed by atoms with Gasteiger partial charge in [0.25, 0.3) is 0 Å². The number of esters is 1. The number of ether oxygens (including phenoxy) is 3. The molecule has 31 heavy (non-hydrogen) atoms. The van der Waals surface area contributed by atoms with Crippen molar-refractivity contribution >= 4 is 17.6 Å². The van der Waals surface area contributed by atoms with Crippen LogP contribution in [0.15, 0.2) is 30.3 Å². The third-order valence-electron chi connectivity index (χ3n) is 5.18. The van der Waals surface area contributed by atoms with Crippen molar-refractivity contribution in [3.8, 4) is 5.75 Å². The summed E-state index contributed by atoms with van der Waals surface area (Å²) in [4.78, 5) is 23.2. The van der Waals surface area contributed by atoms with Gasteiger partial charge >= 0.3 is 12.1 Å². The van der Waals surface area contributed by atoms with Crippen molar-refractivity contribution < 1.29 is 23.8 Å². The molecule has 1 N–H and O–H groups in total. The molecule has 0 spiro atoms. The molecule has 1 aliphatic carbocycles. The molecule has 1 unspecified atom stereocenters. The molecule has 0 fully saturated rings. The minimum Gasteiger partial charge on any atom is -0.494 e. The van der Waals surface area contributed by atoms with Crippen LogP contribution in [0.2, 0.25) is 0 Å². The van der Waals surface area contributed by atoms with E-state index >= 15 is 0 Å². The van der Waals surface area contributed by atoms with E-state index in [4.69, 9.17) is 14.2 Å². The summed E-state index contributed by atoms with van der Waals surface area (Å²) in [6.07, 6.45) is 8.28. The van der Waals surface area contributed by atoms with Crippen molar-refractivity contribution in [2.75, 3.05) is 20.3 Å². The predicted molar refractivity (Wildman–Crippen MR) is 122 cm³/mol. The van der Waals surface area contributed by atoms with E-state index in [9.17, 15) is 9.59 Å². The lowest BCUT2D eigenvalue weighted by atomic mass is 9.86. The minimum absolute atomic E-state index is 0.00977. The topological polar surface area (TPSA) is 73.9 Å². The highest BCUT2D eigenvalue weighted by Gasteiger charge is 2.22. The van der Waals surface area contributed by atoms with Gasteiger partial charge in [0.15, 0.2) is 0 Å². The highest BCUT2D eigenvalue weighted by molar-refractivity contribution is 5.75. The molecule has 1 aromatic carbocycles. The maximum Gasteiger partial charge on any atom is 0.407 e. The molecule has 6 nitrogen and oxygen atoms in total.